The van der Waals surface area contributed by atoms with Crippen molar-refractivity contribution in [3.8, 4) is 17.2 Å². The number of amides is 1. The van der Waals surface area contributed by atoms with Crippen LogP contribution in [-0.4, -0.2) is 54.6 Å². The fraction of sp³-hybridized carbons (Fsp3) is 0.280. The fourth-order valence-corrected chi connectivity index (χ4v) is 3.67. The smallest absolute Gasteiger partial charge is 0.257 e. The number of carbonyl (C=O) groups excluding carboxylic acids is 1. The Bertz CT molecular complexity index is 1400. The van der Waals surface area contributed by atoms with E-state index in [-0.39, 0.29) is 23.2 Å². The molecular weight excluding hydrogens is 448 g/mol. The third kappa shape index (κ3) is 4.54. The maximum absolute atomic E-state index is 13.1. The van der Waals surface area contributed by atoms with Gasteiger partial charge in [0, 0.05) is 12.1 Å². The van der Waals surface area contributed by atoms with Crippen LogP contribution in [0.25, 0.3) is 22.2 Å². The minimum atomic E-state index is -0.326. The first-order valence-electron chi connectivity index (χ1n) is 11.1. The molecule has 4 aromatic rings. The molecule has 1 amide bonds. The highest BCUT2D eigenvalue weighted by atomic mass is 16.5. The summed E-state index contributed by atoms with van der Waals surface area (Å²) in [6.45, 7) is 4.53. The lowest BCUT2D eigenvalue weighted by molar-refractivity contribution is 0.0951. The number of benzene rings is 2. The van der Waals surface area contributed by atoms with Crippen LogP contribution in [0.2, 0.25) is 0 Å². The van der Waals surface area contributed by atoms with Crippen LogP contribution in [0, 0.1) is 5.92 Å². The largest absolute Gasteiger partial charge is 0.493 e. The molecule has 0 radical (unpaired) electrons. The quantitative estimate of drug-likeness (QED) is 0.373. The van der Waals surface area contributed by atoms with Gasteiger partial charge in [-0.05, 0) is 30.2 Å². The molecule has 0 aliphatic rings. The highest BCUT2D eigenvalue weighted by molar-refractivity contribution is 6.10. The van der Waals surface area contributed by atoms with Gasteiger partial charge in [0.25, 0.3) is 5.91 Å². The number of hydrogen-bond donors (Lipinski definition) is 2. The molecule has 35 heavy (non-hydrogen) atoms. The van der Waals surface area contributed by atoms with E-state index >= 15 is 0 Å². The molecule has 182 valence electrons. The first kappa shape index (κ1) is 23.8. The molecule has 0 saturated heterocycles. The van der Waals surface area contributed by atoms with Gasteiger partial charge in [-0.25, -0.2) is 9.97 Å². The van der Waals surface area contributed by atoms with Crippen molar-refractivity contribution in [2.24, 2.45) is 11.0 Å². The SMILES string of the molecule is COc1cc(/C=N/n2c(N)c(C(=O)NCC(C)C)c3nc4ccccc4nc32)cc(OC)c1OC. The Labute approximate surface area is 202 Å². The number of hydrogen-bond acceptors (Lipinski definition) is 8. The van der Waals surface area contributed by atoms with Crippen molar-refractivity contribution in [3.63, 3.8) is 0 Å². The summed E-state index contributed by atoms with van der Waals surface area (Å²) >= 11 is 0. The number of para-hydroxylation sites is 2. The number of carbonyl (C=O) groups is 1. The van der Waals surface area contributed by atoms with Gasteiger partial charge in [0.15, 0.2) is 17.1 Å². The average molecular weight is 477 g/mol. The highest BCUT2D eigenvalue weighted by Gasteiger charge is 2.24. The number of nitrogens with two attached hydrogens (primary N) is 1. The van der Waals surface area contributed by atoms with Crippen molar-refractivity contribution in [1.29, 1.82) is 0 Å². The van der Waals surface area contributed by atoms with E-state index in [1.165, 1.54) is 11.8 Å². The zero-order valence-electron chi connectivity index (χ0n) is 20.3. The fourth-order valence-electron chi connectivity index (χ4n) is 3.67. The van der Waals surface area contributed by atoms with Gasteiger partial charge in [0.2, 0.25) is 5.75 Å². The number of ether oxygens (including phenoxy) is 3. The Balaban J connectivity index is 1.87. The average Bonchev–Trinajstić information content (AvgIpc) is 3.13. The third-order valence-electron chi connectivity index (χ3n) is 5.38. The van der Waals surface area contributed by atoms with Crippen LogP contribution in [0.1, 0.15) is 29.8 Å². The Hall–Kier alpha value is -4.34. The van der Waals surface area contributed by atoms with Crippen LogP contribution in [0.15, 0.2) is 41.5 Å². The first-order valence-corrected chi connectivity index (χ1v) is 11.1. The second-order valence-corrected chi connectivity index (χ2v) is 8.26. The molecule has 2 aromatic carbocycles. The summed E-state index contributed by atoms with van der Waals surface area (Å²) in [5.74, 6) is 1.53. The van der Waals surface area contributed by atoms with E-state index in [1.807, 2.05) is 38.1 Å². The lowest BCUT2D eigenvalue weighted by atomic mass is 10.2. The van der Waals surface area contributed by atoms with Crippen LogP contribution in [0.3, 0.4) is 0 Å². The molecule has 0 spiro atoms. The molecule has 0 atom stereocenters. The molecule has 0 unspecified atom stereocenters. The predicted molar refractivity (Wildman–Crippen MR) is 136 cm³/mol. The number of methoxy groups -OCH3 is 3. The standard InChI is InChI=1S/C25H28N6O4/c1-14(2)12-27-25(32)20-21-24(30-17-9-7-6-8-16(17)29-21)31(23(20)26)28-13-15-10-18(33-3)22(35-5)19(11-15)34-4/h6-11,13-14H,12,26H2,1-5H3,(H,27,32)/b28-13+. The number of rotatable bonds is 8. The number of nitrogens with one attached hydrogen (secondary N) is 1. The van der Waals surface area contributed by atoms with Crippen molar-refractivity contribution >= 4 is 40.1 Å². The van der Waals surface area contributed by atoms with Crippen molar-refractivity contribution in [3.05, 3.63) is 47.5 Å². The van der Waals surface area contributed by atoms with E-state index in [0.717, 1.165) is 0 Å². The van der Waals surface area contributed by atoms with Crippen LogP contribution in [0.4, 0.5) is 5.82 Å². The van der Waals surface area contributed by atoms with Crippen LogP contribution in [-0.2, 0) is 0 Å². The molecule has 2 aromatic heterocycles. The first-order chi connectivity index (χ1) is 16.9. The number of fused-ring (bicyclic) bond motifs is 2. The Morgan fingerprint density at radius 3 is 2.29 bits per heavy atom. The molecule has 0 bridgehead atoms. The zero-order valence-corrected chi connectivity index (χ0v) is 20.3. The Morgan fingerprint density at radius 1 is 1.09 bits per heavy atom. The molecule has 0 aliphatic heterocycles. The number of aromatic nitrogens is 3. The van der Waals surface area contributed by atoms with Crippen LogP contribution < -0.4 is 25.3 Å². The van der Waals surface area contributed by atoms with E-state index in [4.69, 9.17) is 24.9 Å². The highest BCUT2D eigenvalue weighted by Crippen LogP contribution is 2.38. The molecule has 10 nitrogen and oxygen atoms in total. The summed E-state index contributed by atoms with van der Waals surface area (Å²) in [6.07, 6.45) is 1.58. The third-order valence-corrected chi connectivity index (χ3v) is 5.38. The number of nitrogens with zero attached hydrogens (tertiary/aromatic N) is 4. The maximum atomic E-state index is 13.1. The summed E-state index contributed by atoms with van der Waals surface area (Å²) in [5.41, 5.74) is 9.42. The zero-order chi connectivity index (χ0) is 25.1. The molecular formula is C25H28N6O4. The van der Waals surface area contributed by atoms with E-state index < -0.39 is 0 Å². The van der Waals surface area contributed by atoms with Crippen LogP contribution >= 0.6 is 0 Å². The van der Waals surface area contributed by atoms with Gasteiger partial charge in [-0.15, -0.1) is 0 Å². The summed E-state index contributed by atoms with van der Waals surface area (Å²) in [4.78, 5) is 22.5. The maximum Gasteiger partial charge on any atom is 0.257 e. The van der Waals surface area contributed by atoms with Crippen LogP contribution in [0.5, 0.6) is 17.2 Å². The second kappa shape index (κ2) is 9.88. The molecule has 2 heterocycles. The number of nitrogen functional groups attached to an aromatic ring is 1. The molecule has 10 heteroatoms. The van der Waals surface area contributed by atoms with Gasteiger partial charge in [0.05, 0.1) is 38.6 Å². The van der Waals surface area contributed by atoms with Gasteiger partial charge < -0.3 is 25.3 Å². The predicted octanol–water partition coefficient (Wildman–Crippen LogP) is 3.46. The molecule has 4 rings (SSSR count). The summed E-state index contributed by atoms with van der Waals surface area (Å²) in [6, 6.07) is 10.9. The van der Waals surface area contributed by atoms with Gasteiger partial charge in [0.1, 0.15) is 16.9 Å². The monoisotopic (exact) mass is 476 g/mol. The molecule has 0 fully saturated rings. The van der Waals surface area contributed by atoms with E-state index in [1.54, 1.807) is 32.6 Å². The normalized spacial score (nSPS) is 11.5. The minimum Gasteiger partial charge on any atom is -0.493 e. The van der Waals surface area contributed by atoms with Crippen molar-refractivity contribution in [2.75, 3.05) is 33.6 Å². The lowest BCUT2D eigenvalue weighted by Crippen LogP contribution is -2.28. The van der Waals surface area contributed by atoms with Gasteiger partial charge in [-0.1, -0.05) is 26.0 Å². The van der Waals surface area contributed by atoms with E-state index in [9.17, 15) is 4.79 Å². The summed E-state index contributed by atoms with van der Waals surface area (Å²) in [7, 11) is 4.62. The Kier molecular flexibility index (Phi) is 6.72. The summed E-state index contributed by atoms with van der Waals surface area (Å²) in [5, 5.41) is 7.46. The topological polar surface area (TPSA) is 126 Å². The molecule has 3 N–H and O–H groups in total. The van der Waals surface area contributed by atoms with Gasteiger partial charge in [-0.3, -0.25) is 4.79 Å². The minimum absolute atomic E-state index is 0.139. The lowest BCUT2D eigenvalue weighted by Gasteiger charge is -2.12. The van der Waals surface area contributed by atoms with E-state index in [0.29, 0.717) is 51.6 Å². The number of anilines is 1. The van der Waals surface area contributed by atoms with Gasteiger partial charge in [-0.2, -0.15) is 9.78 Å². The molecule has 0 saturated carbocycles. The van der Waals surface area contributed by atoms with Gasteiger partial charge >= 0.3 is 0 Å². The Morgan fingerprint density at radius 2 is 1.71 bits per heavy atom. The van der Waals surface area contributed by atoms with E-state index in [2.05, 4.69) is 15.4 Å². The second-order valence-electron chi connectivity index (χ2n) is 8.26. The van der Waals surface area contributed by atoms with Crippen molar-refractivity contribution in [1.82, 2.24) is 20.0 Å². The van der Waals surface area contributed by atoms with Crippen molar-refractivity contribution < 1.29 is 19.0 Å². The molecule has 0 aliphatic carbocycles. The van der Waals surface area contributed by atoms with Crippen molar-refractivity contribution in [2.45, 2.75) is 13.8 Å². The summed E-state index contributed by atoms with van der Waals surface area (Å²) < 4.78 is 17.6.